The molecule has 20 heavy (non-hydrogen) atoms. The molecule has 0 saturated heterocycles. The Hall–Kier alpha value is -1.36. The number of aromatic nitrogens is 2. The smallest absolute Gasteiger partial charge is 0.258 e. The fraction of sp³-hybridized carbons (Fsp3) is 0. The van der Waals surface area contributed by atoms with Crippen molar-refractivity contribution in [2.75, 3.05) is 0 Å². The van der Waals surface area contributed by atoms with Crippen LogP contribution in [0.1, 0.15) is 0 Å². The summed E-state index contributed by atoms with van der Waals surface area (Å²) in [6.45, 7) is 0. The lowest BCUT2D eigenvalue weighted by Crippen LogP contribution is -1.81. The van der Waals surface area contributed by atoms with Gasteiger partial charge in [0, 0.05) is 15.6 Å². The molecule has 2 aromatic carbocycles. The quantitative estimate of drug-likeness (QED) is 0.600. The number of rotatable bonds is 2. The maximum atomic E-state index is 5.98. The van der Waals surface area contributed by atoms with Crippen molar-refractivity contribution in [3.63, 3.8) is 0 Å². The van der Waals surface area contributed by atoms with Gasteiger partial charge in [-0.25, -0.2) is 0 Å². The van der Waals surface area contributed by atoms with Gasteiger partial charge in [0.05, 0.1) is 10.0 Å². The summed E-state index contributed by atoms with van der Waals surface area (Å²) < 4.78 is 6.25. The van der Waals surface area contributed by atoms with E-state index >= 15 is 0 Å². The minimum absolute atomic E-state index is 0.404. The number of halogens is 3. The van der Waals surface area contributed by atoms with Crippen molar-refractivity contribution in [1.29, 1.82) is 0 Å². The van der Waals surface area contributed by atoms with E-state index in [4.69, 9.17) is 27.7 Å². The first kappa shape index (κ1) is 13.6. The summed E-state index contributed by atoms with van der Waals surface area (Å²) >= 11 is 15.2. The molecule has 0 N–H and O–H groups in total. The Morgan fingerprint density at radius 2 is 1.60 bits per heavy atom. The van der Waals surface area contributed by atoms with E-state index in [1.165, 1.54) is 0 Å². The first-order valence-corrected chi connectivity index (χ1v) is 7.23. The van der Waals surface area contributed by atoms with Crippen LogP contribution < -0.4 is 0 Å². The highest BCUT2D eigenvalue weighted by atomic mass is 79.9. The van der Waals surface area contributed by atoms with Crippen molar-refractivity contribution in [1.82, 2.24) is 10.1 Å². The van der Waals surface area contributed by atoms with Gasteiger partial charge in [-0.05, 0) is 42.5 Å². The Balaban J connectivity index is 1.97. The van der Waals surface area contributed by atoms with Gasteiger partial charge < -0.3 is 4.52 Å². The summed E-state index contributed by atoms with van der Waals surface area (Å²) in [6.07, 6.45) is 0. The fourth-order valence-electron chi connectivity index (χ4n) is 1.69. The van der Waals surface area contributed by atoms with Gasteiger partial charge in [0.25, 0.3) is 5.89 Å². The second-order valence-electron chi connectivity index (χ2n) is 4.06. The number of hydrogen-bond donors (Lipinski definition) is 0. The average Bonchev–Trinajstić information content (AvgIpc) is 2.92. The van der Waals surface area contributed by atoms with Crippen LogP contribution in [0.15, 0.2) is 51.5 Å². The third kappa shape index (κ3) is 2.73. The van der Waals surface area contributed by atoms with Gasteiger partial charge in [-0.3, -0.25) is 0 Å². The Bertz CT molecular complexity index is 756. The SMILES string of the molecule is Clc1ccc(-c2nc(-c3ccc(Br)cc3)no2)cc1Cl. The van der Waals surface area contributed by atoms with Crippen LogP contribution in [0.25, 0.3) is 22.8 Å². The summed E-state index contributed by atoms with van der Waals surface area (Å²) in [5.41, 5.74) is 1.61. The molecule has 0 radical (unpaired) electrons. The lowest BCUT2D eigenvalue weighted by atomic mass is 10.2. The molecule has 0 aliphatic carbocycles. The molecule has 0 bridgehead atoms. The van der Waals surface area contributed by atoms with Crippen LogP contribution in [-0.4, -0.2) is 10.1 Å². The topological polar surface area (TPSA) is 38.9 Å². The van der Waals surface area contributed by atoms with Crippen LogP contribution in [0.4, 0.5) is 0 Å². The molecular formula is C14H7BrCl2N2O. The van der Waals surface area contributed by atoms with Crippen LogP contribution in [0.5, 0.6) is 0 Å². The zero-order valence-electron chi connectivity index (χ0n) is 9.98. The molecule has 0 unspecified atom stereocenters. The van der Waals surface area contributed by atoms with Crippen molar-refractivity contribution < 1.29 is 4.52 Å². The molecule has 3 rings (SSSR count). The summed E-state index contributed by atoms with van der Waals surface area (Å²) in [5.74, 6) is 0.931. The van der Waals surface area contributed by atoms with Crippen LogP contribution in [0.2, 0.25) is 10.0 Å². The van der Waals surface area contributed by atoms with Gasteiger partial charge in [0.2, 0.25) is 5.82 Å². The predicted octanol–water partition coefficient (Wildman–Crippen LogP) is 5.47. The van der Waals surface area contributed by atoms with E-state index in [1.54, 1.807) is 18.2 Å². The molecule has 0 spiro atoms. The highest BCUT2D eigenvalue weighted by molar-refractivity contribution is 9.10. The van der Waals surface area contributed by atoms with Crippen molar-refractivity contribution in [3.8, 4) is 22.8 Å². The first-order chi connectivity index (χ1) is 9.63. The molecule has 0 aliphatic rings. The molecule has 3 aromatic rings. The second-order valence-corrected chi connectivity index (χ2v) is 5.79. The molecule has 1 heterocycles. The van der Waals surface area contributed by atoms with E-state index in [0.717, 1.165) is 15.6 Å². The number of benzene rings is 2. The van der Waals surface area contributed by atoms with Crippen LogP contribution in [0.3, 0.4) is 0 Å². The lowest BCUT2D eigenvalue weighted by Gasteiger charge is -1.97. The Morgan fingerprint density at radius 3 is 2.30 bits per heavy atom. The van der Waals surface area contributed by atoms with Crippen molar-refractivity contribution in [3.05, 3.63) is 57.0 Å². The normalized spacial score (nSPS) is 10.8. The summed E-state index contributed by atoms with van der Waals surface area (Å²) in [6, 6.07) is 12.8. The highest BCUT2D eigenvalue weighted by Gasteiger charge is 2.11. The molecule has 6 heteroatoms. The van der Waals surface area contributed by atoms with E-state index in [-0.39, 0.29) is 0 Å². The number of nitrogens with zero attached hydrogens (tertiary/aromatic N) is 2. The van der Waals surface area contributed by atoms with Gasteiger partial charge >= 0.3 is 0 Å². The molecule has 3 nitrogen and oxygen atoms in total. The first-order valence-electron chi connectivity index (χ1n) is 5.68. The third-order valence-electron chi connectivity index (χ3n) is 2.69. The highest BCUT2D eigenvalue weighted by Crippen LogP contribution is 2.29. The summed E-state index contributed by atoms with van der Waals surface area (Å²) in [7, 11) is 0. The summed E-state index contributed by atoms with van der Waals surface area (Å²) in [5, 5.41) is 4.91. The minimum Gasteiger partial charge on any atom is -0.334 e. The van der Waals surface area contributed by atoms with Crippen molar-refractivity contribution in [2.45, 2.75) is 0 Å². The largest absolute Gasteiger partial charge is 0.334 e. The van der Waals surface area contributed by atoms with Gasteiger partial charge in [0.1, 0.15) is 0 Å². The molecule has 100 valence electrons. The molecular weight excluding hydrogens is 363 g/mol. The fourth-order valence-corrected chi connectivity index (χ4v) is 2.25. The minimum atomic E-state index is 0.404. The van der Waals surface area contributed by atoms with Crippen LogP contribution >= 0.6 is 39.1 Å². The van der Waals surface area contributed by atoms with Gasteiger partial charge in [0.15, 0.2) is 0 Å². The van der Waals surface area contributed by atoms with Crippen LogP contribution in [-0.2, 0) is 0 Å². The predicted molar refractivity (Wildman–Crippen MR) is 82.9 cm³/mol. The molecule has 0 aliphatic heterocycles. The lowest BCUT2D eigenvalue weighted by molar-refractivity contribution is 0.432. The standard InChI is InChI=1S/C14H7BrCl2N2O/c15-10-4-1-8(2-5-10)13-18-14(20-19-13)9-3-6-11(16)12(17)7-9/h1-7H. The molecule has 0 amide bonds. The third-order valence-corrected chi connectivity index (χ3v) is 3.96. The summed E-state index contributed by atoms with van der Waals surface area (Å²) in [4.78, 5) is 4.36. The van der Waals surface area contributed by atoms with E-state index in [2.05, 4.69) is 26.1 Å². The Kier molecular flexibility index (Phi) is 3.78. The molecule has 1 aromatic heterocycles. The second kappa shape index (κ2) is 5.56. The number of hydrogen-bond acceptors (Lipinski definition) is 3. The maximum absolute atomic E-state index is 5.98. The maximum Gasteiger partial charge on any atom is 0.258 e. The van der Waals surface area contributed by atoms with E-state index in [1.807, 2.05) is 24.3 Å². The van der Waals surface area contributed by atoms with E-state index in [0.29, 0.717) is 21.8 Å². The van der Waals surface area contributed by atoms with Crippen molar-refractivity contribution in [2.24, 2.45) is 0 Å². The van der Waals surface area contributed by atoms with E-state index in [9.17, 15) is 0 Å². The average molecular weight is 370 g/mol. The zero-order valence-corrected chi connectivity index (χ0v) is 13.1. The zero-order chi connectivity index (χ0) is 14.1. The van der Waals surface area contributed by atoms with Gasteiger partial charge in [-0.15, -0.1) is 0 Å². The molecule has 0 atom stereocenters. The Labute approximate surface area is 133 Å². The molecule has 0 saturated carbocycles. The van der Waals surface area contributed by atoms with Crippen molar-refractivity contribution >= 4 is 39.1 Å². The Morgan fingerprint density at radius 1 is 0.900 bits per heavy atom. The van der Waals surface area contributed by atoms with Crippen LogP contribution in [0, 0.1) is 0 Å². The van der Waals surface area contributed by atoms with E-state index < -0.39 is 0 Å². The van der Waals surface area contributed by atoms with Gasteiger partial charge in [-0.2, -0.15) is 4.98 Å². The monoisotopic (exact) mass is 368 g/mol. The molecule has 0 fully saturated rings. The van der Waals surface area contributed by atoms with Gasteiger partial charge in [-0.1, -0.05) is 44.3 Å².